The van der Waals surface area contributed by atoms with Gasteiger partial charge in [0, 0.05) is 12.1 Å². The molecule has 1 atom stereocenters. The van der Waals surface area contributed by atoms with E-state index < -0.39 is 17.3 Å². The molecule has 3 nitrogen and oxygen atoms in total. The number of aliphatic hydroxyl groups is 1. The molecule has 0 aliphatic rings. The lowest BCUT2D eigenvalue weighted by Crippen LogP contribution is -2.42. The SMILES string of the molecule is CC(C)(C(=O)NC[C@H](O)c1ccsc1)c1ccccc1F. The molecular formula is C16H18FNO2S. The normalized spacial score (nSPS) is 13.0. The first-order valence-electron chi connectivity index (χ1n) is 6.66. The molecular weight excluding hydrogens is 289 g/mol. The van der Waals surface area contributed by atoms with Crippen LogP contribution in [0.15, 0.2) is 41.1 Å². The maximum absolute atomic E-state index is 13.8. The molecule has 0 saturated heterocycles. The van der Waals surface area contributed by atoms with Crippen molar-refractivity contribution < 1.29 is 14.3 Å². The zero-order valence-electron chi connectivity index (χ0n) is 12.0. The highest BCUT2D eigenvalue weighted by molar-refractivity contribution is 7.07. The van der Waals surface area contributed by atoms with Crippen molar-refractivity contribution in [3.05, 3.63) is 58.0 Å². The van der Waals surface area contributed by atoms with E-state index in [4.69, 9.17) is 0 Å². The maximum Gasteiger partial charge on any atom is 0.230 e. The fraction of sp³-hybridized carbons (Fsp3) is 0.312. The van der Waals surface area contributed by atoms with E-state index in [1.807, 2.05) is 16.8 Å². The van der Waals surface area contributed by atoms with E-state index in [0.717, 1.165) is 5.56 Å². The highest BCUT2D eigenvalue weighted by atomic mass is 32.1. The van der Waals surface area contributed by atoms with E-state index in [-0.39, 0.29) is 12.5 Å². The molecule has 5 heteroatoms. The summed E-state index contributed by atoms with van der Waals surface area (Å²) in [7, 11) is 0. The van der Waals surface area contributed by atoms with Crippen LogP contribution in [0, 0.1) is 5.82 Å². The Morgan fingerprint density at radius 3 is 2.71 bits per heavy atom. The van der Waals surface area contributed by atoms with E-state index in [0.29, 0.717) is 5.56 Å². The van der Waals surface area contributed by atoms with Crippen molar-refractivity contribution in [1.82, 2.24) is 5.32 Å². The number of carbonyl (C=O) groups is 1. The van der Waals surface area contributed by atoms with E-state index in [1.165, 1.54) is 17.4 Å². The minimum Gasteiger partial charge on any atom is -0.387 e. The monoisotopic (exact) mass is 307 g/mol. The summed E-state index contributed by atoms with van der Waals surface area (Å²) in [5, 5.41) is 16.3. The van der Waals surface area contributed by atoms with Gasteiger partial charge in [-0.25, -0.2) is 4.39 Å². The number of nitrogens with one attached hydrogen (secondary N) is 1. The van der Waals surface area contributed by atoms with Crippen molar-refractivity contribution in [3.63, 3.8) is 0 Å². The highest BCUT2D eigenvalue weighted by Crippen LogP contribution is 2.26. The highest BCUT2D eigenvalue weighted by Gasteiger charge is 2.32. The van der Waals surface area contributed by atoms with Crippen LogP contribution >= 0.6 is 11.3 Å². The van der Waals surface area contributed by atoms with Gasteiger partial charge in [0.05, 0.1) is 11.5 Å². The number of rotatable bonds is 5. The van der Waals surface area contributed by atoms with Crippen LogP contribution in [0.3, 0.4) is 0 Å². The number of benzene rings is 1. The van der Waals surface area contributed by atoms with Gasteiger partial charge in [-0.15, -0.1) is 0 Å². The molecule has 1 aromatic carbocycles. The second kappa shape index (κ2) is 6.37. The van der Waals surface area contributed by atoms with Crippen LogP contribution in [0.5, 0.6) is 0 Å². The van der Waals surface area contributed by atoms with Crippen LogP contribution in [0.2, 0.25) is 0 Å². The Bertz CT molecular complexity index is 610. The predicted molar refractivity (Wildman–Crippen MR) is 81.7 cm³/mol. The molecule has 0 unspecified atom stereocenters. The molecule has 0 spiro atoms. The number of amides is 1. The van der Waals surface area contributed by atoms with Gasteiger partial charge in [-0.1, -0.05) is 18.2 Å². The van der Waals surface area contributed by atoms with Crippen molar-refractivity contribution in [2.75, 3.05) is 6.54 Å². The second-order valence-corrected chi connectivity index (χ2v) is 6.17. The second-order valence-electron chi connectivity index (χ2n) is 5.39. The number of carbonyl (C=O) groups excluding carboxylic acids is 1. The lowest BCUT2D eigenvalue weighted by molar-refractivity contribution is -0.126. The number of aliphatic hydroxyl groups excluding tert-OH is 1. The summed E-state index contributed by atoms with van der Waals surface area (Å²) >= 11 is 1.48. The molecule has 2 rings (SSSR count). The lowest BCUT2D eigenvalue weighted by Gasteiger charge is -2.25. The van der Waals surface area contributed by atoms with E-state index in [9.17, 15) is 14.3 Å². The standard InChI is InChI=1S/C16H18FNO2S/c1-16(2,12-5-3-4-6-13(12)17)15(20)18-9-14(19)11-7-8-21-10-11/h3-8,10,14,19H,9H2,1-2H3,(H,18,20)/t14-/m0/s1. The maximum atomic E-state index is 13.8. The van der Waals surface area contributed by atoms with Gasteiger partial charge in [0.15, 0.2) is 0 Å². The molecule has 2 N–H and O–H groups in total. The smallest absolute Gasteiger partial charge is 0.230 e. The molecule has 1 aromatic heterocycles. The van der Waals surface area contributed by atoms with Gasteiger partial charge in [0.25, 0.3) is 0 Å². The van der Waals surface area contributed by atoms with Gasteiger partial charge in [-0.05, 0) is 42.3 Å². The van der Waals surface area contributed by atoms with Crippen LogP contribution < -0.4 is 5.32 Å². The number of hydrogen-bond donors (Lipinski definition) is 2. The van der Waals surface area contributed by atoms with Crippen molar-refractivity contribution >= 4 is 17.2 Å². The zero-order valence-corrected chi connectivity index (χ0v) is 12.8. The summed E-state index contributed by atoms with van der Waals surface area (Å²) in [6.45, 7) is 3.43. The number of hydrogen-bond acceptors (Lipinski definition) is 3. The summed E-state index contributed by atoms with van der Waals surface area (Å²) in [6, 6.07) is 8.04. The summed E-state index contributed by atoms with van der Waals surface area (Å²) in [5.74, 6) is -0.724. The van der Waals surface area contributed by atoms with Gasteiger partial charge >= 0.3 is 0 Å². The van der Waals surface area contributed by atoms with Crippen molar-refractivity contribution in [2.24, 2.45) is 0 Å². The lowest BCUT2D eigenvalue weighted by atomic mass is 9.83. The van der Waals surface area contributed by atoms with E-state index in [1.54, 1.807) is 32.0 Å². The summed E-state index contributed by atoms with van der Waals surface area (Å²) in [6.07, 6.45) is -0.753. The van der Waals surface area contributed by atoms with Crippen LogP contribution in [0.25, 0.3) is 0 Å². The minimum atomic E-state index is -1.00. The van der Waals surface area contributed by atoms with E-state index >= 15 is 0 Å². The first kappa shape index (κ1) is 15.7. The Morgan fingerprint density at radius 2 is 2.10 bits per heavy atom. The minimum absolute atomic E-state index is 0.105. The molecule has 112 valence electrons. The van der Waals surface area contributed by atoms with Gasteiger partial charge in [-0.3, -0.25) is 4.79 Å². The Morgan fingerprint density at radius 1 is 1.38 bits per heavy atom. The Labute approximate surface area is 127 Å². The van der Waals surface area contributed by atoms with Crippen molar-refractivity contribution in [2.45, 2.75) is 25.4 Å². The van der Waals surface area contributed by atoms with E-state index in [2.05, 4.69) is 5.32 Å². The fourth-order valence-electron chi connectivity index (χ4n) is 2.08. The molecule has 0 saturated carbocycles. The number of halogens is 1. The zero-order chi connectivity index (χ0) is 15.5. The third kappa shape index (κ3) is 3.49. The largest absolute Gasteiger partial charge is 0.387 e. The molecule has 1 heterocycles. The summed E-state index contributed by atoms with van der Waals surface area (Å²) < 4.78 is 13.8. The Balaban J connectivity index is 2.04. The molecule has 0 fully saturated rings. The van der Waals surface area contributed by atoms with Crippen LogP contribution in [0.4, 0.5) is 4.39 Å². The predicted octanol–water partition coefficient (Wildman–Crippen LogP) is 3.01. The average Bonchev–Trinajstić information content (AvgIpc) is 2.98. The summed E-state index contributed by atoms with van der Waals surface area (Å²) in [4.78, 5) is 12.3. The molecule has 1 amide bonds. The Hall–Kier alpha value is -1.72. The van der Waals surface area contributed by atoms with Gasteiger partial charge in [0.2, 0.25) is 5.91 Å². The van der Waals surface area contributed by atoms with Gasteiger partial charge in [-0.2, -0.15) is 11.3 Å². The third-order valence-electron chi connectivity index (χ3n) is 3.50. The fourth-order valence-corrected chi connectivity index (χ4v) is 2.79. The Kier molecular flexibility index (Phi) is 4.75. The molecule has 0 aliphatic heterocycles. The average molecular weight is 307 g/mol. The first-order chi connectivity index (χ1) is 9.93. The molecule has 2 aromatic rings. The summed E-state index contributed by atoms with van der Waals surface area (Å²) in [5.41, 5.74) is 0.108. The first-order valence-corrected chi connectivity index (χ1v) is 7.60. The van der Waals surface area contributed by atoms with Gasteiger partial charge in [0.1, 0.15) is 5.82 Å². The van der Waals surface area contributed by atoms with Gasteiger partial charge < -0.3 is 10.4 Å². The number of thiophene rings is 1. The quantitative estimate of drug-likeness (QED) is 0.892. The van der Waals surface area contributed by atoms with Crippen molar-refractivity contribution in [1.29, 1.82) is 0 Å². The third-order valence-corrected chi connectivity index (χ3v) is 4.20. The van der Waals surface area contributed by atoms with Crippen LogP contribution in [-0.2, 0) is 10.2 Å². The molecule has 0 bridgehead atoms. The van der Waals surface area contributed by atoms with Crippen LogP contribution in [0.1, 0.15) is 31.1 Å². The van der Waals surface area contributed by atoms with Crippen molar-refractivity contribution in [3.8, 4) is 0 Å². The molecule has 21 heavy (non-hydrogen) atoms. The molecule has 0 radical (unpaired) electrons. The topological polar surface area (TPSA) is 49.3 Å². The van der Waals surface area contributed by atoms with Crippen LogP contribution in [-0.4, -0.2) is 17.6 Å². The molecule has 0 aliphatic carbocycles.